The van der Waals surface area contributed by atoms with Gasteiger partial charge in [-0.2, -0.15) is 5.10 Å². The zero-order chi connectivity index (χ0) is 19.9. The molecule has 8 heteroatoms. The molecule has 1 aliphatic heterocycles. The maximum absolute atomic E-state index is 12.0. The Morgan fingerprint density at radius 3 is 2.71 bits per heavy atom. The number of esters is 1. The smallest absolute Gasteiger partial charge is 0.309 e. The standard InChI is InChI=1S/C20H25N5O3/c1-3-28-20(27)16-8-11-25(12-9-16)18-7-6-15(13-21-18)14-22-23-19(26)17-5-4-10-24(17)2/h4-7,10,13-14,16H,3,8-9,11-12H2,1-2H3,(H,23,26). The molecule has 0 bridgehead atoms. The summed E-state index contributed by atoms with van der Waals surface area (Å²) in [7, 11) is 1.80. The van der Waals surface area contributed by atoms with Crippen LogP contribution >= 0.6 is 0 Å². The van der Waals surface area contributed by atoms with Crippen LogP contribution in [0.2, 0.25) is 0 Å². The number of hydrazone groups is 1. The number of nitrogens with zero attached hydrogens (tertiary/aromatic N) is 4. The maximum atomic E-state index is 12.0. The number of hydrogen-bond acceptors (Lipinski definition) is 6. The van der Waals surface area contributed by atoms with Crippen molar-refractivity contribution in [2.75, 3.05) is 24.6 Å². The van der Waals surface area contributed by atoms with Crippen LogP contribution in [0.4, 0.5) is 5.82 Å². The largest absolute Gasteiger partial charge is 0.466 e. The number of amides is 1. The van der Waals surface area contributed by atoms with Crippen molar-refractivity contribution in [3.8, 4) is 0 Å². The van der Waals surface area contributed by atoms with Crippen molar-refractivity contribution >= 4 is 23.9 Å². The van der Waals surface area contributed by atoms with Gasteiger partial charge in [-0.05, 0) is 44.0 Å². The van der Waals surface area contributed by atoms with Crippen molar-refractivity contribution in [2.24, 2.45) is 18.1 Å². The summed E-state index contributed by atoms with van der Waals surface area (Å²) < 4.78 is 6.83. The molecular formula is C20H25N5O3. The van der Waals surface area contributed by atoms with E-state index in [0.29, 0.717) is 12.3 Å². The molecule has 2 aromatic heterocycles. The van der Waals surface area contributed by atoms with Gasteiger partial charge in [0.05, 0.1) is 18.7 Å². The zero-order valence-electron chi connectivity index (χ0n) is 16.2. The van der Waals surface area contributed by atoms with Gasteiger partial charge in [-0.15, -0.1) is 0 Å². The molecule has 3 rings (SSSR count). The first-order valence-corrected chi connectivity index (χ1v) is 9.41. The van der Waals surface area contributed by atoms with E-state index >= 15 is 0 Å². The van der Waals surface area contributed by atoms with Crippen LogP contribution in [0.3, 0.4) is 0 Å². The van der Waals surface area contributed by atoms with Crippen LogP contribution in [0.1, 0.15) is 35.8 Å². The molecule has 1 amide bonds. The maximum Gasteiger partial charge on any atom is 0.309 e. The average Bonchev–Trinajstić information content (AvgIpc) is 3.15. The Kier molecular flexibility index (Phi) is 6.41. The summed E-state index contributed by atoms with van der Waals surface area (Å²) in [5.74, 6) is 0.486. The van der Waals surface area contributed by atoms with Gasteiger partial charge in [0.2, 0.25) is 0 Å². The summed E-state index contributed by atoms with van der Waals surface area (Å²) >= 11 is 0. The van der Waals surface area contributed by atoms with Crippen molar-refractivity contribution < 1.29 is 14.3 Å². The summed E-state index contributed by atoms with van der Waals surface area (Å²) in [4.78, 5) is 30.5. The molecule has 0 atom stereocenters. The highest BCUT2D eigenvalue weighted by Crippen LogP contribution is 2.22. The minimum Gasteiger partial charge on any atom is -0.466 e. The summed E-state index contributed by atoms with van der Waals surface area (Å²) in [5, 5.41) is 3.98. The number of hydrogen-bond donors (Lipinski definition) is 1. The molecule has 28 heavy (non-hydrogen) atoms. The molecule has 1 N–H and O–H groups in total. The molecular weight excluding hydrogens is 358 g/mol. The number of carbonyl (C=O) groups excluding carboxylic acids is 2. The highest BCUT2D eigenvalue weighted by Gasteiger charge is 2.26. The Hall–Kier alpha value is -3.16. The Morgan fingerprint density at radius 1 is 1.32 bits per heavy atom. The number of rotatable bonds is 6. The third-order valence-electron chi connectivity index (χ3n) is 4.77. The molecule has 8 nitrogen and oxygen atoms in total. The third-order valence-corrected chi connectivity index (χ3v) is 4.77. The van der Waals surface area contributed by atoms with Crippen LogP contribution in [0, 0.1) is 5.92 Å². The number of pyridine rings is 1. The Bertz CT molecular complexity index is 836. The molecule has 0 radical (unpaired) electrons. The average molecular weight is 383 g/mol. The number of ether oxygens (including phenoxy) is 1. The van der Waals surface area contributed by atoms with Crippen LogP contribution < -0.4 is 10.3 Å². The topological polar surface area (TPSA) is 88.8 Å². The molecule has 1 saturated heterocycles. The fourth-order valence-electron chi connectivity index (χ4n) is 3.19. The van der Waals surface area contributed by atoms with E-state index < -0.39 is 0 Å². The van der Waals surface area contributed by atoms with Gasteiger partial charge in [-0.1, -0.05) is 0 Å². The zero-order valence-corrected chi connectivity index (χ0v) is 16.2. The van der Waals surface area contributed by atoms with Gasteiger partial charge in [-0.25, -0.2) is 10.4 Å². The predicted molar refractivity (Wildman–Crippen MR) is 106 cm³/mol. The first-order valence-electron chi connectivity index (χ1n) is 9.41. The first-order chi connectivity index (χ1) is 13.6. The van der Waals surface area contributed by atoms with Crippen LogP contribution in [-0.4, -0.2) is 47.3 Å². The van der Waals surface area contributed by atoms with Gasteiger partial charge < -0.3 is 14.2 Å². The minimum atomic E-state index is -0.266. The predicted octanol–water partition coefficient (Wildman–Crippen LogP) is 1.96. The van der Waals surface area contributed by atoms with Crippen molar-refractivity contribution in [3.63, 3.8) is 0 Å². The van der Waals surface area contributed by atoms with Gasteiger partial charge in [0, 0.05) is 38.1 Å². The summed E-state index contributed by atoms with van der Waals surface area (Å²) in [6, 6.07) is 7.35. The highest BCUT2D eigenvalue weighted by molar-refractivity contribution is 5.93. The number of anilines is 1. The molecule has 0 unspecified atom stereocenters. The van der Waals surface area contributed by atoms with Gasteiger partial charge in [0.25, 0.3) is 5.91 Å². The van der Waals surface area contributed by atoms with E-state index in [1.807, 2.05) is 19.1 Å². The van der Waals surface area contributed by atoms with E-state index in [4.69, 9.17) is 4.74 Å². The fourth-order valence-corrected chi connectivity index (χ4v) is 3.19. The second-order valence-corrected chi connectivity index (χ2v) is 6.67. The SMILES string of the molecule is CCOC(=O)C1CCN(c2ccc(C=NNC(=O)c3cccn3C)cn2)CC1. The Balaban J connectivity index is 1.51. The number of nitrogens with one attached hydrogen (secondary N) is 1. The number of carbonyl (C=O) groups is 2. The Labute approximate surface area is 164 Å². The molecule has 0 aliphatic carbocycles. The van der Waals surface area contributed by atoms with Crippen molar-refractivity contribution in [2.45, 2.75) is 19.8 Å². The quantitative estimate of drug-likeness (QED) is 0.468. The monoisotopic (exact) mass is 383 g/mol. The van der Waals surface area contributed by atoms with Crippen molar-refractivity contribution in [1.82, 2.24) is 15.0 Å². The van der Waals surface area contributed by atoms with E-state index in [2.05, 4.69) is 20.4 Å². The lowest BCUT2D eigenvalue weighted by Gasteiger charge is -2.31. The molecule has 148 valence electrons. The van der Waals surface area contributed by atoms with Crippen LogP contribution in [0.5, 0.6) is 0 Å². The van der Waals surface area contributed by atoms with E-state index in [9.17, 15) is 9.59 Å². The molecule has 3 heterocycles. The summed E-state index contributed by atoms with van der Waals surface area (Å²) in [6.07, 6.45) is 6.62. The van der Waals surface area contributed by atoms with Crippen LogP contribution in [0.25, 0.3) is 0 Å². The third kappa shape index (κ3) is 4.76. The van der Waals surface area contributed by atoms with Crippen molar-refractivity contribution in [3.05, 3.63) is 47.9 Å². The molecule has 1 fully saturated rings. The lowest BCUT2D eigenvalue weighted by Crippen LogP contribution is -2.37. The second kappa shape index (κ2) is 9.16. The summed E-state index contributed by atoms with van der Waals surface area (Å²) in [5.41, 5.74) is 3.83. The Morgan fingerprint density at radius 2 is 2.11 bits per heavy atom. The van der Waals surface area contributed by atoms with Gasteiger partial charge in [0.15, 0.2) is 0 Å². The number of aryl methyl sites for hydroxylation is 1. The van der Waals surface area contributed by atoms with E-state index in [-0.39, 0.29) is 17.8 Å². The highest BCUT2D eigenvalue weighted by atomic mass is 16.5. The van der Waals surface area contributed by atoms with E-state index in [1.165, 1.54) is 0 Å². The second-order valence-electron chi connectivity index (χ2n) is 6.67. The summed E-state index contributed by atoms with van der Waals surface area (Å²) in [6.45, 7) is 3.80. The minimum absolute atomic E-state index is 0.0181. The van der Waals surface area contributed by atoms with Gasteiger partial charge >= 0.3 is 5.97 Å². The number of piperidine rings is 1. The molecule has 0 saturated carbocycles. The molecule has 0 spiro atoms. The van der Waals surface area contributed by atoms with Crippen LogP contribution in [-0.2, 0) is 16.6 Å². The van der Waals surface area contributed by atoms with Gasteiger partial charge in [0.1, 0.15) is 11.5 Å². The molecule has 2 aromatic rings. The van der Waals surface area contributed by atoms with Crippen molar-refractivity contribution in [1.29, 1.82) is 0 Å². The first kappa shape index (κ1) is 19.6. The number of aromatic nitrogens is 2. The normalized spacial score (nSPS) is 15.0. The fraction of sp³-hybridized carbons (Fsp3) is 0.400. The van der Waals surface area contributed by atoms with E-state index in [0.717, 1.165) is 37.3 Å². The van der Waals surface area contributed by atoms with Gasteiger partial charge in [-0.3, -0.25) is 9.59 Å². The molecule has 0 aromatic carbocycles. The van der Waals surface area contributed by atoms with E-state index in [1.54, 1.807) is 42.4 Å². The molecule has 1 aliphatic rings. The lowest BCUT2D eigenvalue weighted by atomic mass is 9.97. The lowest BCUT2D eigenvalue weighted by molar-refractivity contribution is -0.148. The van der Waals surface area contributed by atoms with Crippen LogP contribution in [0.15, 0.2) is 41.8 Å².